The van der Waals surface area contributed by atoms with Crippen LogP contribution in [-0.4, -0.2) is 31.7 Å². The van der Waals surface area contributed by atoms with Gasteiger partial charge in [-0.25, -0.2) is 0 Å². The zero-order valence-electron chi connectivity index (χ0n) is 15.9. The third kappa shape index (κ3) is 4.16. The van der Waals surface area contributed by atoms with Crippen LogP contribution in [0.5, 0.6) is 0 Å². The molecule has 1 aliphatic rings. The van der Waals surface area contributed by atoms with Crippen LogP contribution < -0.4 is 4.90 Å². The monoisotopic (exact) mass is 352 g/mol. The van der Waals surface area contributed by atoms with Crippen molar-refractivity contribution in [1.29, 1.82) is 0 Å². The number of quaternary nitrogens is 1. The fourth-order valence-corrected chi connectivity index (χ4v) is 3.95. The predicted molar refractivity (Wildman–Crippen MR) is 104 cm³/mol. The van der Waals surface area contributed by atoms with Crippen LogP contribution >= 0.6 is 0 Å². The SMILES string of the molecule is C[C@@H](C[NH+]1CCCCC1)OC(=O)C(C)(c1ccccc1)c1ccccc1. The average Bonchev–Trinajstić information content (AvgIpc) is 2.69. The van der Waals surface area contributed by atoms with E-state index in [2.05, 4.69) is 0 Å². The number of benzene rings is 2. The summed E-state index contributed by atoms with van der Waals surface area (Å²) in [6.07, 6.45) is 3.81. The number of ether oxygens (including phenoxy) is 1. The Kier molecular flexibility index (Phi) is 6.10. The topological polar surface area (TPSA) is 30.7 Å². The summed E-state index contributed by atoms with van der Waals surface area (Å²) >= 11 is 0. The van der Waals surface area contributed by atoms with Gasteiger partial charge in [0.2, 0.25) is 0 Å². The van der Waals surface area contributed by atoms with Gasteiger partial charge in [0.1, 0.15) is 18.1 Å². The number of likely N-dealkylation sites (tertiary alicyclic amines) is 1. The van der Waals surface area contributed by atoms with E-state index in [-0.39, 0.29) is 12.1 Å². The molecule has 2 aromatic carbocycles. The minimum absolute atomic E-state index is 0.0812. The van der Waals surface area contributed by atoms with Crippen molar-refractivity contribution < 1.29 is 14.4 Å². The highest BCUT2D eigenvalue weighted by molar-refractivity contribution is 5.87. The minimum Gasteiger partial charge on any atom is -0.456 e. The zero-order chi connectivity index (χ0) is 18.4. The lowest BCUT2D eigenvalue weighted by Crippen LogP contribution is -3.13. The van der Waals surface area contributed by atoms with Gasteiger partial charge in [-0.15, -0.1) is 0 Å². The van der Waals surface area contributed by atoms with Crippen LogP contribution in [0.25, 0.3) is 0 Å². The molecule has 3 nitrogen and oxygen atoms in total. The maximum Gasteiger partial charge on any atom is 0.321 e. The number of esters is 1. The smallest absolute Gasteiger partial charge is 0.321 e. The Morgan fingerprint density at radius 1 is 0.962 bits per heavy atom. The predicted octanol–water partition coefficient (Wildman–Crippen LogP) is 2.99. The van der Waals surface area contributed by atoms with Crippen LogP contribution in [0.1, 0.15) is 44.2 Å². The van der Waals surface area contributed by atoms with Gasteiger partial charge in [0.15, 0.2) is 0 Å². The molecule has 3 heteroatoms. The number of carbonyl (C=O) groups is 1. The minimum atomic E-state index is -0.798. The van der Waals surface area contributed by atoms with E-state index in [4.69, 9.17) is 4.74 Å². The van der Waals surface area contributed by atoms with Crippen LogP contribution in [0.3, 0.4) is 0 Å². The molecule has 0 radical (unpaired) electrons. The summed E-state index contributed by atoms with van der Waals surface area (Å²) in [7, 11) is 0. The molecule has 0 spiro atoms. The van der Waals surface area contributed by atoms with Crippen molar-refractivity contribution >= 4 is 5.97 Å². The molecule has 138 valence electrons. The molecule has 0 aliphatic carbocycles. The van der Waals surface area contributed by atoms with Crippen molar-refractivity contribution in [2.24, 2.45) is 0 Å². The van der Waals surface area contributed by atoms with Crippen LogP contribution in [0, 0.1) is 0 Å². The van der Waals surface area contributed by atoms with Crippen LogP contribution in [0.2, 0.25) is 0 Å². The third-order valence-corrected chi connectivity index (χ3v) is 5.56. The maximum absolute atomic E-state index is 13.3. The Bertz CT molecular complexity index is 653. The second-order valence-corrected chi connectivity index (χ2v) is 7.59. The third-order valence-electron chi connectivity index (χ3n) is 5.56. The van der Waals surface area contributed by atoms with Gasteiger partial charge in [-0.2, -0.15) is 0 Å². The largest absolute Gasteiger partial charge is 0.456 e. The van der Waals surface area contributed by atoms with Crippen molar-refractivity contribution in [3.63, 3.8) is 0 Å². The van der Waals surface area contributed by atoms with Gasteiger partial charge in [-0.05, 0) is 44.2 Å². The zero-order valence-corrected chi connectivity index (χ0v) is 15.9. The molecule has 1 fully saturated rings. The normalized spacial score (nSPS) is 16.8. The van der Waals surface area contributed by atoms with E-state index < -0.39 is 5.41 Å². The van der Waals surface area contributed by atoms with Gasteiger partial charge in [0.05, 0.1) is 13.1 Å². The first-order chi connectivity index (χ1) is 12.6. The summed E-state index contributed by atoms with van der Waals surface area (Å²) in [6, 6.07) is 19.9. The van der Waals surface area contributed by atoms with E-state index in [0.717, 1.165) is 17.7 Å². The molecule has 0 amide bonds. The fourth-order valence-electron chi connectivity index (χ4n) is 3.95. The molecular formula is C23H30NO2+. The van der Waals surface area contributed by atoms with E-state index in [0.29, 0.717) is 0 Å². The van der Waals surface area contributed by atoms with Crippen molar-refractivity contribution in [3.8, 4) is 0 Å². The Morgan fingerprint density at radius 2 is 1.46 bits per heavy atom. The lowest BCUT2D eigenvalue weighted by Gasteiger charge is -2.31. The highest BCUT2D eigenvalue weighted by Crippen LogP contribution is 2.33. The van der Waals surface area contributed by atoms with Gasteiger partial charge in [0, 0.05) is 0 Å². The first kappa shape index (κ1) is 18.7. The van der Waals surface area contributed by atoms with Crippen LogP contribution in [0.4, 0.5) is 0 Å². The molecule has 3 rings (SSSR count). The van der Waals surface area contributed by atoms with Crippen LogP contribution in [0.15, 0.2) is 60.7 Å². The highest BCUT2D eigenvalue weighted by Gasteiger charge is 2.39. The number of hydrogen-bond acceptors (Lipinski definition) is 2. The van der Waals surface area contributed by atoms with Gasteiger partial charge in [0.25, 0.3) is 0 Å². The standard InChI is InChI=1S/C23H29NO2/c1-19(18-24-16-10-5-11-17-24)26-22(25)23(2,20-12-6-3-7-13-20)21-14-8-4-9-15-21/h3-4,6-9,12-15,19H,5,10-11,16-18H2,1-2H3/p+1/t19-/m0/s1. The van der Waals surface area contributed by atoms with Crippen LogP contribution in [-0.2, 0) is 14.9 Å². The van der Waals surface area contributed by atoms with Gasteiger partial charge < -0.3 is 9.64 Å². The van der Waals surface area contributed by atoms with E-state index in [1.807, 2.05) is 74.5 Å². The summed E-state index contributed by atoms with van der Waals surface area (Å²) in [5.74, 6) is -0.168. The van der Waals surface area contributed by atoms with Gasteiger partial charge >= 0.3 is 5.97 Å². The second-order valence-electron chi connectivity index (χ2n) is 7.59. The quantitative estimate of drug-likeness (QED) is 0.810. The molecule has 1 saturated heterocycles. The first-order valence-electron chi connectivity index (χ1n) is 9.76. The van der Waals surface area contributed by atoms with E-state index in [1.54, 1.807) is 4.90 Å². The maximum atomic E-state index is 13.3. The number of nitrogens with one attached hydrogen (secondary N) is 1. The molecule has 0 bridgehead atoms. The number of rotatable bonds is 6. The lowest BCUT2D eigenvalue weighted by molar-refractivity contribution is -0.907. The van der Waals surface area contributed by atoms with Crippen molar-refractivity contribution in [3.05, 3.63) is 71.8 Å². The number of carbonyl (C=O) groups excluding carboxylic acids is 1. The first-order valence-corrected chi connectivity index (χ1v) is 9.76. The van der Waals surface area contributed by atoms with E-state index in [1.165, 1.54) is 32.4 Å². The lowest BCUT2D eigenvalue weighted by atomic mass is 9.76. The molecule has 0 saturated carbocycles. The van der Waals surface area contributed by atoms with E-state index >= 15 is 0 Å². The number of hydrogen-bond donors (Lipinski definition) is 1. The number of piperidine rings is 1. The molecule has 0 aromatic heterocycles. The van der Waals surface area contributed by atoms with Gasteiger partial charge in [-0.3, -0.25) is 4.79 Å². The summed E-state index contributed by atoms with van der Waals surface area (Å²) in [6.45, 7) is 7.27. The molecule has 1 aliphatic heterocycles. The van der Waals surface area contributed by atoms with Crippen molar-refractivity contribution in [2.45, 2.75) is 44.6 Å². The molecule has 1 N–H and O–H groups in total. The summed E-state index contributed by atoms with van der Waals surface area (Å²) in [5.41, 5.74) is 1.14. The second kappa shape index (κ2) is 8.50. The molecule has 2 aromatic rings. The molecule has 1 atom stereocenters. The molecule has 26 heavy (non-hydrogen) atoms. The van der Waals surface area contributed by atoms with Crippen molar-refractivity contribution in [2.75, 3.05) is 19.6 Å². The average molecular weight is 352 g/mol. The summed E-state index contributed by atoms with van der Waals surface area (Å²) in [4.78, 5) is 14.8. The highest BCUT2D eigenvalue weighted by atomic mass is 16.5. The summed E-state index contributed by atoms with van der Waals surface area (Å²) < 4.78 is 5.97. The van der Waals surface area contributed by atoms with E-state index in [9.17, 15) is 4.79 Å². The molecule has 0 unspecified atom stereocenters. The van der Waals surface area contributed by atoms with Gasteiger partial charge in [-0.1, -0.05) is 60.7 Å². The Labute approximate surface area is 157 Å². The fraction of sp³-hybridized carbons (Fsp3) is 0.435. The molecule has 1 heterocycles. The summed E-state index contributed by atoms with van der Waals surface area (Å²) in [5, 5.41) is 0. The Balaban J connectivity index is 1.79. The van der Waals surface area contributed by atoms with Crippen molar-refractivity contribution in [1.82, 2.24) is 0 Å². The Morgan fingerprint density at radius 3 is 1.96 bits per heavy atom. The Hall–Kier alpha value is -2.13. The molecular weight excluding hydrogens is 322 g/mol.